The van der Waals surface area contributed by atoms with Gasteiger partial charge >= 0.3 is 0 Å². The van der Waals surface area contributed by atoms with Gasteiger partial charge in [-0.1, -0.05) is 41.9 Å². The lowest BCUT2D eigenvalue weighted by atomic mass is 10.0. The quantitative estimate of drug-likeness (QED) is 0.877. The van der Waals surface area contributed by atoms with Gasteiger partial charge in [-0.3, -0.25) is 9.59 Å². The smallest absolute Gasteiger partial charge is 0.247 e. The van der Waals surface area contributed by atoms with Crippen molar-refractivity contribution >= 4 is 23.4 Å². The monoisotopic (exact) mass is 372 g/mol. The van der Waals surface area contributed by atoms with Crippen LogP contribution in [0.4, 0.5) is 0 Å². The first-order valence-electron chi connectivity index (χ1n) is 8.54. The number of nitrogens with zero attached hydrogens (tertiary/aromatic N) is 1. The fourth-order valence-corrected chi connectivity index (χ4v) is 3.33. The second-order valence-corrected chi connectivity index (χ2v) is 6.58. The third-order valence-corrected chi connectivity index (χ3v) is 4.77. The van der Waals surface area contributed by atoms with E-state index in [0.29, 0.717) is 31.0 Å². The average molecular weight is 373 g/mol. The molecule has 2 aromatic rings. The normalized spacial score (nSPS) is 16.9. The molecule has 0 spiro atoms. The van der Waals surface area contributed by atoms with Crippen LogP contribution in [0, 0.1) is 0 Å². The van der Waals surface area contributed by atoms with E-state index in [0.717, 1.165) is 16.9 Å². The van der Waals surface area contributed by atoms with Crippen molar-refractivity contribution in [3.63, 3.8) is 0 Å². The molecule has 1 saturated heterocycles. The summed E-state index contributed by atoms with van der Waals surface area (Å²) in [6.07, 6.45) is 0.881. The van der Waals surface area contributed by atoms with Gasteiger partial charge in [0, 0.05) is 24.5 Å². The Labute approximate surface area is 157 Å². The van der Waals surface area contributed by atoms with Crippen LogP contribution in [0.1, 0.15) is 23.6 Å². The second kappa shape index (κ2) is 8.23. The molecule has 1 atom stereocenters. The van der Waals surface area contributed by atoms with E-state index in [-0.39, 0.29) is 11.8 Å². The molecule has 26 heavy (non-hydrogen) atoms. The van der Waals surface area contributed by atoms with Crippen molar-refractivity contribution in [2.24, 2.45) is 0 Å². The average Bonchev–Trinajstić information content (AvgIpc) is 2.67. The molecule has 1 fully saturated rings. The second-order valence-electron chi connectivity index (χ2n) is 6.14. The SMILES string of the molecule is COc1ccccc1CCC(=O)N1CCNC(=O)C1c1ccc(Cl)cc1. The van der Waals surface area contributed by atoms with Crippen LogP contribution in [-0.4, -0.2) is 36.9 Å². The number of carbonyl (C=O) groups is 2. The number of piperazine rings is 1. The summed E-state index contributed by atoms with van der Waals surface area (Å²) in [5.74, 6) is 0.556. The van der Waals surface area contributed by atoms with Gasteiger partial charge in [0.15, 0.2) is 0 Å². The van der Waals surface area contributed by atoms with Crippen LogP contribution in [-0.2, 0) is 16.0 Å². The zero-order chi connectivity index (χ0) is 18.5. The Hall–Kier alpha value is -2.53. The number of methoxy groups -OCH3 is 1. The van der Waals surface area contributed by atoms with E-state index < -0.39 is 6.04 Å². The molecule has 6 heteroatoms. The highest BCUT2D eigenvalue weighted by Crippen LogP contribution is 2.26. The molecular weight excluding hydrogens is 352 g/mol. The van der Waals surface area contributed by atoms with E-state index in [9.17, 15) is 9.59 Å². The lowest BCUT2D eigenvalue weighted by Gasteiger charge is -2.35. The zero-order valence-electron chi connectivity index (χ0n) is 14.6. The molecule has 2 aromatic carbocycles. The van der Waals surface area contributed by atoms with E-state index in [1.54, 1.807) is 36.3 Å². The van der Waals surface area contributed by atoms with Gasteiger partial charge in [0.05, 0.1) is 7.11 Å². The third kappa shape index (κ3) is 3.99. The van der Waals surface area contributed by atoms with Gasteiger partial charge in [0.25, 0.3) is 0 Å². The summed E-state index contributed by atoms with van der Waals surface area (Å²) in [5.41, 5.74) is 1.74. The highest BCUT2D eigenvalue weighted by Gasteiger charge is 2.34. The number of ether oxygens (including phenoxy) is 1. The Morgan fingerprint density at radius 3 is 2.69 bits per heavy atom. The van der Waals surface area contributed by atoms with Crippen molar-refractivity contribution in [3.05, 3.63) is 64.7 Å². The van der Waals surface area contributed by atoms with Crippen LogP contribution in [0.15, 0.2) is 48.5 Å². The number of halogens is 1. The Morgan fingerprint density at radius 1 is 1.23 bits per heavy atom. The molecule has 1 N–H and O–H groups in total. The largest absolute Gasteiger partial charge is 0.496 e. The van der Waals surface area contributed by atoms with E-state index >= 15 is 0 Å². The fraction of sp³-hybridized carbons (Fsp3) is 0.300. The molecular formula is C20H21ClN2O3. The number of nitrogens with one attached hydrogen (secondary N) is 1. The van der Waals surface area contributed by atoms with Crippen molar-refractivity contribution in [2.45, 2.75) is 18.9 Å². The summed E-state index contributed by atoms with van der Waals surface area (Å²) in [6, 6.07) is 14.1. The predicted molar refractivity (Wildman–Crippen MR) is 100 cm³/mol. The predicted octanol–water partition coefficient (Wildman–Crippen LogP) is 2.98. The van der Waals surface area contributed by atoms with Crippen LogP contribution in [0.5, 0.6) is 5.75 Å². The Kier molecular flexibility index (Phi) is 5.78. The maximum atomic E-state index is 12.8. The molecule has 0 bridgehead atoms. The van der Waals surface area contributed by atoms with Crippen LogP contribution in [0.3, 0.4) is 0 Å². The molecule has 0 saturated carbocycles. The van der Waals surface area contributed by atoms with Crippen molar-refractivity contribution in [1.82, 2.24) is 10.2 Å². The van der Waals surface area contributed by atoms with Gasteiger partial charge in [-0.15, -0.1) is 0 Å². The van der Waals surface area contributed by atoms with E-state index in [2.05, 4.69) is 5.32 Å². The molecule has 0 radical (unpaired) electrons. The van der Waals surface area contributed by atoms with Crippen molar-refractivity contribution in [1.29, 1.82) is 0 Å². The van der Waals surface area contributed by atoms with Gasteiger partial charge in [0.1, 0.15) is 11.8 Å². The standard InChI is InChI=1S/C20H21ClN2O3/c1-26-17-5-3-2-4-14(17)8-11-18(24)23-13-12-22-20(25)19(23)15-6-9-16(21)10-7-15/h2-7,9-10,19H,8,11-13H2,1H3,(H,22,25). The topological polar surface area (TPSA) is 58.6 Å². The van der Waals surface area contributed by atoms with Gasteiger partial charge in [-0.05, 0) is 35.7 Å². The molecule has 5 nitrogen and oxygen atoms in total. The Morgan fingerprint density at radius 2 is 1.96 bits per heavy atom. The Bertz CT molecular complexity index is 792. The molecule has 0 aliphatic carbocycles. The molecule has 1 aliphatic heterocycles. The maximum Gasteiger partial charge on any atom is 0.247 e. The minimum atomic E-state index is -0.619. The number of carbonyl (C=O) groups excluding carboxylic acids is 2. The van der Waals surface area contributed by atoms with Crippen LogP contribution in [0.25, 0.3) is 0 Å². The summed E-state index contributed by atoms with van der Waals surface area (Å²) in [4.78, 5) is 26.9. The number of rotatable bonds is 5. The van der Waals surface area contributed by atoms with E-state index in [4.69, 9.17) is 16.3 Å². The summed E-state index contributed by atoms with van der Waals surface area (Å²) in [7, 11) is 1.62. The lowest BCUT2D eigenvalue weighted by Crippen LogP contribution is -2.52. The third-order valence-electron chi connectivity index (χ3n) is 4.52. The molecule has 0 aromatic heterocycles. The Balaban J connectivity index is 1.75. The fourth-order valence-electron chi connectivity index (χ4n) is 3.21. The molecule has 1 aliphatic rings. The zero-order valence-corrected chi connectivity index (χ0v) is 15.3. The van der Waals surface area contributed by atoms with Gasteiger partial charge in [-0.2, -0.15) is 0 Å². The van der Waals surface area contributed by atoms with Crippen molar-refractivity contribution < 1.29 is 14.3 Å². The number of benzene rings is 2. The highest BCUT2D eigenvalue weighted by atomic mass is 35.5. The van der Waals surface area contributed by atoms with E-state index in [1.165, 1.54) is 0 Å². The number of para-hydroxylation sites is 1. The first-order chi connectivity index (χ1) is 12.6. The molecule has 1 heterocycles. The number of aryl methyl sites for hydroxylation is 1. The minimum absolute atomic E-state index is 0.0503. The number of amides is 2. The maximum absolute atomic E-state index is 12.8. The van der Waals surface area contributed by atoms with Gasteiger partial charge in [0.2, 0.25) is 11.8 Å². The summed E-state index contributed by atoms with van der Waals surface area (Å²) >= 11 is 5.94. The van der Waals surface area contributed by atoms with Crippen molar-refractivity contribution in [3.8, 4) is 5.75 Å². The van der Waals surface area contributed by atoms with E-state index in [1.807, 2.05) is 24.3 Å². The van der Waals surface area contributed by atoms with Gasteiger partial charge < -0.3 is 15.0 Å². The van der Waals surface area contributed by atoms with Crippen LogP contribution >= 0.6 is 11.6 Å². The summed E-state index contributed by atoms with van der Waals surface area (Å²) in [6.45, 7) is 0.952. The van der Waals surface area contributed by atoms with Crippen molar-refractivity contribution in [2.75, 3.05) is 20.2 Å². The first kappa shape index (κ1) is 18.3. The summed E-state index contributed by atoms with van der Waals surface area (Å²) in [5, 5.41) is 3.43. The highest BCUT2D eigenvalue weighted by molar-refractivity contribution is 6.30. The van der Waals surface area contributed by atoms with Crippen LogP contribution in [0.2, 0.25) is 5.02 Å². The minimum Gasteiger partial charge on any atom is -0.496 e. The van der Waals surface area contributed by atoms with Crippen LogP contribution < -0.4 is 10.1 Å². The molecule has 2 amide bonds. The number of hydrogen-bond donors (Lipinski definition) is 1. The lowest BCUT2D eigenvalue weighted by molar-refractivity contribution is -0.143. The molecule has 3 rings (SSSR count). The number of hydrogen-bond acceptors (Lipinski definition) is 3. The van der Waals surface area contributed by atoms with Gasteiger partial charge in [-0.25, -0.2) is 0 Å². The molecule has 1 unspecified atom stereocenters. The summed E-state index contributed by atoms with van der Waals surface area (Å²) < 4.78 is 5.34. The first-order valence-corrected chi connectivity index (χ1v) is 8.92. The molecule has 136 valence electrons.